The summed E-state index contributed by atoms with van der Waals surface area (Å²) in [7, 11) is 0. The Bertz CT molecular complexity index is 2850. The minimum atomic E-state index is 0.617. The second-order valence-corrected chi connectivity index (χ2v) is 13.6. The molecule has 55 heavy (non-hydrogen) atoms. The first-order chi connectivity index (χ1) is 27.3. The molecule has 0 unspecified atom stereocenters. The summed E-state index contributed by atoms with van der Waals surface area (Å²) in [5.41, 5.74) is 13.4. The van der Waals surface area contributed by atoms with Gasteiger partial charge in [0.15, 0.2) is 17.5 Å². The molecule has 0 atom stereocenters. The van der Waals surface area contributed by atoms with Crippen molar-refractivity contribution >= 4 is 21.9 Å². The van der Waals surface area contributed by atoms with E-state index < -0.39 is 0 Å². The topological polar surface area (TPSA) is 51.8 Å². The molecule has 10 aromatic rings. The lowest BCUT2D eigenvalue weighted by Gasteiger charge is -2.14. The van der Waals surface area contributed by atoms with Crippen molar-refractivity contribution in [2.75, 3.05) is 0 Å². The van der Waals surface area contributed by atoms with Crippen molar-refractivity contribution in [3.8, 4) is 78.7 Å². The first-order valence-electron chi connectivity index (χ1n) is 18.4. The zero-order chi connectivity index (χ0) is 36.6. The number of fused-ring (bicyclic) bond motifs is 3. The van der Waals surface area contributed by atoms with E-state index in [-0.39, 0.29) is 0 Å². The molecule has 258 valence electrons. The van der Waals surface area contributed by atoms with Crippen LogP contribution in [0.1, 0.15) is 0 Å². The number of para-hydroxylation sites is 2. The molecular formula is C51H33N3O. The highest BCUT2D eigenvalue weighted by molar-refractivity contribution is 6.09. The smallest absolute Gasteiger partial charge is 0.164 e. The predicted molar refractivity (Wildman–Crippen MR) is 225 cm³/mol. The van der Waals surface area contributed by atoms with Crippen LogP contribution < -0.4 is 0 Å². The quantitative estimate of drug-likeness (QED) is 0.166. The highest BCUT2D eigenvalue weighted by Gasteiger charge is 2.18. The molecule has 2 heterocycles. The third kappa shape index (κ3) is 6.06. The lowest BCUT2D eigenvalue weighted by Crippen LogP contribution is -2.02. The minimum absolute atomic E-state index is 0.617. The van der Waals surface area contributed by atoms with Gasteiger partial charge < -0.3 is 4.42 Å². The average molecular weight is 704 g/mol. The van der Waals surface area contributed by atoms with E-state index in [1.165, 1.54) is 0 Å². The lowest BCUT2D eigenvalue weighted by atomic mass is 9.97. The number of hydrogen-bond donors (Lipinski definition) is 0. The SMILES string of the molecule is c1ccc(-c2ccccc2-c2nc(-c3ccc(-c4ccc(-c5cccc6c5oc5ccccc56)cc4)cc3)nc(-c3ccccc3-c3ccccc3)n2)cc1. The van der Waals surface area contributed by atoms with Gasteiger partial charge in [-0.3, -0.25) is 0 Å². The van der Waals surface area contributed by atoms with Gasteiger partial charge in [0.05, 0.1) is 0 Å². The van der Waals surface area contributed by atoms with E-state index in [9.17, 15) is 0 Å². The second kappa shape index (κ2) is 13.8. The molecule has 0 N–H and O–H groups in total. The Morgan fingerprint density at radius 3 is 1.24 bits per heavy atom. The third-order valence-corrected chi connectivity index (χ3v) is 10.2. The molecule has 10 rings (SSSR count). The maximum atomic E-state index is 6.32. The van der Waals surface area contributed by atoms with Crippen molar-refractivity contribution in [3.63, 3.8) is 0 Å². The zero-order valence-corrected chi connectivity index (χ0v) is 29.8. The van der Waals surface area contributed by atoms with E-state index in [1.54, 1.807) is 0 Å². The summed E-state index contributed by atoms with van der Waals surface area (Å²) in [6, 6.07) is 69.2. The van der Waals surface area contributed by atoms with Crippen molar-refractivity contribution in [1.82, 2.24) is 15.0 Å². The van der Waals surface area contributed by atoms with Gasteiger partial charge >= 0.3 is 0 Å². The normalized spacial score (nSPS) is 11.3. The molecule has 2 aromatic heterocycles. The number of benzene rings is 8. The standard InChI is InChI=1S/C51H33N3O/c1-3-14-36(15-4-1)40-18-7-9-21-45(40)50-52-49(53-51(54-50)46-22-10-8-19-41(46)37-16-5-2-6-17-37)39-32-28-35(29-33-39)34-26-30-38(31-27-34)42-23-13-24-44-43-20-11-12-25-47(43)55-48(42)44/h1-33H. The molecule has 0 aliphatic rings. The molecule has 0 amide bonds. The summed E-state index contributed by atoms with van der Waals surface area (Å²) in [6.45, 7) is 0. The highest BCUT2D eigenvalue weighted by atomic mass is 16.3. The molecule has 0 aliphatic carbocycles. The maximum Gasteiger partial charge on any atom is 0.164 e. The molecule has 0 radical (unpaired) electrons. The van der Waals surface area contributed by atoms with Crippen molar-refractivity contribution in [2.24, 2.45) is 0 Å². The Morgan fingerprint density at radius 1 is 0.255 bits per heavy atom. The Balaban J connectivity index is 1.04. The van der Waals surface area contributed by atoms with Crippen LogP contribution in [0.4, 0.5) is 0 Å². The molecule has 0 fully saturated rings. The van der Waals surface area contributed by atoms with Crippen molar-refractivity contribution in [3.05, 3.63) is 200 Å². The van der Waals surface area contributed by atoms with Gasteiger partial charge in [-0.25, -0.2) is 15.0 Å². The Hall–Kier alpha value is -7.43. The molecule has 0 spiro atoms. The Morgan fingerprint density at radius 2 is 0.655 bits per heavy atom. The van der Waals surface area contributed by atoms with E-state index in [4.69, 9.17) is 19.4 Å². The van der Waals surface area contributed by atoms with Gasteiger partial charge in [-0.05, 0) is 45.0 Å². The minimum Gasteiger partial charge on any atom is -0.455 e. The fourth-order valence-electron chi connectivity index (χ4n) is 7.47. The molecule has 4 heteroatoms. The molecule has 0 bridgehead atoms. The van der Waals surface area contributed by atoms with Gasteiger partial charge in [-0.1, -0.05) is 194 Å². The van der Waals surface area contributed by atoms with Gasteiger partial charge in [-0.15, -0.1) is 0 Å². The van der Waals surface area contributed by atoms with Crippen LogP contribution in [0, 0.1) is 0 Å². The number of rotatable bonds is 7. The maximum absolute atomic E-state index is 6.32. The Labute approximate surface area is 319 Å². The largest absolute Gasteiger partial charge is 0.455 e. The van der Waals surface area contributed by atoms with Gasteiger partial charge in [-0.2, -0.15) is 0 Å². The monoisotopic (exact) mass is 703 g/mol. The Kier molecular flexibility index (Phi) is 8.12. The zero-order valence-electron chi connectivity index (χ0n) is 29.8. The van der Waals surface area contributed by atoms with E-state index in [0.29, 0.717) is 17.5 Å². The highest BCUT2D eigenvalue weighted by Crippen LogP contribution is 2.38. The third-order valence-electron chi connectivity index (χ3n) is 10.2. The number of nitrogens with zero attached hydrogens (tertiary/aromatic N) is 3. The summed E-state index contributed by atoms with van der Waals surface area (Å²) in [4.78, 5) is 15.5. The summed E-state index contributed by atoms with van der Waals surface area (Å²) in [5, 5.41) is 2.26. The van der Waals surface area contributed by atoms with E-state index in [1.807, 2.05) is 36.4 Å². The van der Waals surface area contributed by atoms with Crippen LogP contribution in [0.3, 0.4) is 0 Å². The lowest BCUT2D eigenvalue weighted by molar-refractivity contribution is 0.670. The summed E-state index contributed by atoms with van der Waals surface area (Å²) >= 11 is 0. The van der Waals surface area contributed by atoms with Crippen LogP contribution >= 0.6 is 0 Å². The van der Waals surface area contributed by atoms with Gasteiger partial charge in [0.1, 0.15) is 11.2 Å². The fraction of sp³-hybridized carbons (Fsp3) is 0. The van der Waals surface area contributed by atoms with Gasteiger partial charge in [0.2, 0.25) is 0 Å². The average Bonchev–Trinajstić information content (AvgIpc) is 3.66. The number of hydrogen-bond acceptors (Lipinski definition) is 4. The van der Waals surface area contributed by atoms with Crippen molar-refractivity contribution in [1.29, 1.82) is 0 Å². The van der Waals surface area contributed by atoms with Crippen LogP contribution in [-0.4, -0.2) is 15.0 Å². The molecular weight excluding hydrogens is 671 g/mol. The van der Waals surface area contributed by atoms with E-state index >= 15 is 0 Å². The number of furan rings is 1. The van der Waals surface area contributed by atoms with E-state index in [2.05, 4.69) is 164 Å². The fourth-order valence-corrected chi connectivity index (χ4v) is 7.47. The van der Waals surface area contributed by atoms with Crippen LogP contribution in [0.15, 0.2) is 205 Å². The van der Waals surface area contributed by atoms with Crippen LogP contribution in [0.5, 0.6) is 0 Å². The first-order valence-corrected chi connectivity index (χ1v) is 18.4. The van der Waals surface area contributed by atoms with E-state index in [0.717, 1.165) is 83.1 Å². The molecule has 0 saturated heterocycles. The molecule has 0 saturated carbocycles. The van der Waals surface area contributed by atoms with Crippen LogP contribution in [0.25, 0.3) is 101 Å². The van der Waals surface area contributed by atoms with Crippen LogP contribution in [-0.2, 0) is 0 Å². The van der Waals surface area contributed by atoms with Crippen molar-refractivity contribution in [2.45, 2.75) is 0 Å². The molecule has 4 nitrogen and oxygen atoms in total. The summed E-state index contributed by atoms with van der Waals surface area (Å²) in [6.07, 6.45) is 0. The summed E-state index contributed by atoms with van der Waals surface area (Å²) < 4.78 is 6.32. The predicted octanol–water partition coefficient (Wildman–Crippen LogP) is 13.4. The van der Waals surface area contributed by atoms with Crippen LogP contribution in [0.2, 0.25) is 0 Å². The van der Waals surface area contributed by atoms with Gasteiger partial charge in [0.25, 0.3) is 0 Å². The van der Waals surface area contributed by atoms with Crippen molar-refractivity contribution < 1.29 is 4.42 Å². The first kappa shape index (κ1) is 32.2. The molecule has 8 aromatic carbocycles. The van der Waals surface area contributed by atoms with Gasteiger partial charge in [0, 0.05) is 33.0 Å². The molecule has 0 aliphatic heterocycles. The number of aromatic nitrogens is 3. The second-order valence-electron chi connectivity index (χ2n) is 13.6. The summed E-state index contributed by atoms with van der Waals surface area (Å²) in [5.74, 6) is 1.87.